The van der Waals surface area contributed by atoms with Crippen molar-refractivity contribution in [2.24, 2.45) is 7.05 Å². The number of hydrogen-bond donors (Lipinski definition) is 1. The molecular weight excluding hydrogens is 389 g/mol. The van der Waals surface area contributed by atoms with Crippen molar-refractivity contribution < 1.29 is 9.13 Å². The number of rotatable bonds is 9. The highest BCUT2D eigenvalue weighted by atomic mass is 35.5. The Morgan fingerprint density at radius 2 is 2.04 bits per heavy atom. The van der Waals surface area contributed by atoms with Crippen molar-refractivity contribution in [1.82, 2.24) is 25.5 Å². The zero-order chi connectivity index (χ0) is 18.2. The van der Waals surface area contributed by atoms with Gasteiger partial charge in [-0.3, -0.25) is 0 Å². The third-order valence-corrected chi connectivity index (χ3v) is 4.68. The van der Waals surface area contributed by atoms with Crippen molar-refractivity contribution in [3.8, 4) is 5.75 Å². The van der Waals surface area contributed by atoms with E-state index in [4.69, 9.17) is 4.74 Å². The normalized spacial score (nSPS) is 10.4. The van der Waals surface area contributed by atoms with E-state index in [-0.39, 0.29) is 24.8 Å². The molecule has 3 rings (SSSR count). The van der Waals surface area contributed by atoms with Crippen LogP contribution in [0.5, 0.6) is 5.75 Å². The van der Waals surface area contributed by atoms with Crippen LogP contribution in [0.4, 0.5) is 4.39 Å². The number of thioether (sulfide) groups is 1. The molecule has 0 spiro atoms. The Hall–Kier alpha value is -2.16. The molecule has 0 aliphatic carbocycles. The smallest absolute Gasteiger partial charge is 0.209 e. The molecule has 27 heavy (non-hydrogen) atoms. The Kier molecular flexibility index (Phi) is 8.50. The molecule has 0 bridgehead atoms. The predicted octanol–water partition coefficient (Wildman–Crippen LogP) is 3.23. The number of ether oxygens (including phenoxy) is 1. The maximum Gasteiger partial charge on any atom is 0.209 e. The van der Waals surface area contributed by atoms with Gasteiger partial charge in [-0.05, 0) is 34.2 Å². The van der Waals surface area contributed by atoms with Crippen LogP contribution in [0.3, 0.4) is 0 Å². The van der Waals surface area contributed by atoms with E-state index in [1.807, 2.05) is 31.3 Å². The highest BCUT2D eigenvalue weighted by molar-refractivity contribution is 7.99. The van der Waals surface area contributed by atoms with E-state index < -0.39 is 0 Å². The van der Waals surface area contributed by atoms with Gasteiger partial charge >= 0.3 is 0 Å². The molecule has 3 aromatic rings. The third kappa shape index (κ3) is 6.50. The minimum absolute atomic E-state index is 0. The van der Waals surface area contributed by atoms with Crippen LogP contribution in [0.2, 0.25) is 0 Å². The molecule has 9 heteroatoms. The van der Waals surface area contributed by atoms with Gasteiger partial charge in [-0.1, -0.05) is 42.1 Å². The number of nitrogens with one attached hydrogen (secondary N) is 1. The van der Waals surface area contributed by atoms with Crippen molar-refractivity contribution in [1.29, 1.82) is 0 Å². The molecule has 6 nitrogen and oxygen atoms in total. The van der Waals surface area contributed by atoms with Gasteiger partial charge < -0.3 is 10.1 Å². The lowest BCUT2D eigenvalue weighted by Crippen LogP contribution is -2.16. The maximum absolute atomic E-state index is 13.6. The Morgan fingerprint density at radius 3 is 2.81 bits per heavy atom. The monoisotopic (exact) mass is 409 g/mol. The van der Waals surface area contributed by atoms with E-state index in [1.165, 1.54) is 6.07 Å². The van der Waals surface area contributed by atoms with Crippen molar-refractivity contribution >= 4 is 24.2 Å². The van der Waals surface area contributed by atoms with E-state index in [9.17, 15) is 4.39 Å². The molecule has 0 unspecified atom stereocenters. The zero-order valence-electron chi connectivity index (χ0n) is 14.8. The number of hydrogen-bond acceptors (Lipinski definition) is 6. The fraction of sp³-hybridized carbons (Fsp3) is 0.278. The van der Waals surface area contributed by atoms with Crippen molar-refractivity contribution in [2.75, 3.05) is 12.3 Å². The predicted molar refractivity (Wildman–Crippen MR) is 106 cm³/mol. The number of halogens is 2. The SMILES string of the molecule is Cl.Cn1nnnc1SCCNCc1cccc(OCc2ccccc2F)c1. The lowest BCUT2D eigenvalue weighted by Gasteiger charge is -2.09. The fourth-order valence-corrected chi connectivity index (χ4v) is 3.06. The molecule has 0 saturated heterocycles. The summed E-state index contributed by atoms with van der Waals surface area (Å²) in [5, 5.41) is 15.5. The molecule has 0 amide bonds. The van der Waals surface area contributed by atoms with E-state index in [0.29, 0.717) is 5.56 Å². The molecule has 1 N–H and O–H groups in total. The second kappa shape index (κ2) is 10.9. The molecule has 1 heterocycles. The number of aryl methyl sites for hydroxylation is 1. The molecule has 0 aliphatic heterocycles. The minimum atomic E-state index is -0.249. The van der Waals surface area contributed by atoms with Crippen LogP contribution in [0.15, 0.2) is 53.7 Å². The van der Waals surface area contributed by atoms with Crippen molar-refractivity contribution in [3.05, 3.63) is 65.5 Å². The van der Waals surface area contributed by atoms with Crippen LogP contribution in [-0.2, 0) is 20.2 Å². The topological polar surface area (TPSA) is 64.9 Å². The fourth-order valence-electron chi connectivity index (χ4n) is 2.31. The van der Waals surface area contributed by atoms with Crippen molar-refractivity contribution in [3.63, 3.8) is 0 Å². The van der Waals surface area contributed by atoms with Crippen LogP contribution in [0, 0.1) is 5.82 Å². The summed E-state index contributed by atoms with van der Waals surface area (Å²) in [5.41, 5.74) is 1.66. The van der Waals surface area contributed by atoms with E-state index in [0.717, 1.165) is 35.3 Å². The van der Waals surface area contributed by atoms with Crippen LogP contribution in [-0.4, -0.2) is 32.5 Å². The van der Waals surface area contributed by atoms with Gasteiger partial charge in [0.15, 0.2) is 0 Å². The Morgan fingerprint density at radius 1 is 1.19 bits per heavy atom. The van der Waals surface area contributed by atoms with E-state index >= 15 is 0 Å². The Labute approximate surface area is 167 Å². The lowest BCUT2D eigenvalue weighted by atomic mass is 10.2. The molecule has 0 saturated carbocycles. The molecular formula is C18H21ClFN5OS. The first-order chi connectivity index (χ1) is 12.7. The maximum atomic E-state index is 13.6. The standard InChI is InChI=1S/C18H20FN5OS.ClH/c1-24-18(21-22-23-24)26-10-9-20-12-14-5-4-7-16(11-14)25-13-15-6-2-3-8-17(15)19;/h2-8,11,20H,9-10,12-13H2,1H3;1H. The van der Waals surface area contributed by atoms with Crippen LogP contribution in [0.25, 0.3) is 0 Å². The molecule has 0 atom stereocenters. The molecule has 1 aromatic heterocycles. The highest BCUT2D eigenvalue weighted by Crippen LogP contribution is 2.16. The number of aromatic nitrogens is 4. The molecule has 0 radical (unpaired) electrons. The summed E-state index contributed by atoms with van der Waals surface area (Å²) in [6.07, 6.45) is 0. The largest absolute Gasteiger partial charge is 0.489 e. The lowest BCUT2D eigenvalue weighted by molar-refractivity contribution is 0.299. The van der Waals surface area contributed by atoms with Gasteiger partial charge in [-0.25, -0.2) is 9.07 Å². The molecule has 144 valence electrons. The van der Waals surface area contributed by atoms with Gasteiger partial charge in [0.2, 0.25) is 5.16 Å². The third-order valence-electron chi connectivity index (χ3n) is 3.67. The van der Waals surface area contributed by atoms with Crippen LogP contribution >= 0.6 is 24.2 Å². The van der Waals surface area contributed by atoms with E-state index in [2.05, 4.69) is 20.8 Å². The van der Waals surface area contributed by atoms with Crippen molar-refractivity contribution in [2.45, 2.75) is 18.3 Å². The molecule has 2 aromatic carbocycles. The molecule has 0 fully saturated rings. The van der Waals surface area contributed by atoms with Gasteiger partial charge in [-0.2, -0.15) is 0 Å². The van der Waals surface area contributed by atoms with Gasteiger partial charge in [0.05, 0.1) is 0 Å². The zero-order valence-corrected chi connectivity index (χ0v) is 16.5. The van der Waals surface area contributed by atoms with Gasteiger partial charge in [-0.15, -0.1) is 17.5 Å². The molecule has 0 aliphatic rings. The number of nitrogens with zero attached hydrogens (tertiary/aromatic N) is 4. The number of tetrazole rings is 1. The summed E-state index contributed by atoms with van der Waals surface area (Å²) in [7, 11) is 1.82. The Bertz CT molecular complexity index is 848. The summed E-state index contributed by atoms with van der Waals surface area (Å²) in [6, 6.07) is 14.5. The highest BCUT2D eigenvalue weighted by Gasteiger charge is 2.04. The van der Waals surface area contributed by atoms with Gasteiger partial charge in [0, 0.05) is 31.5 Å². The second-order valence-electron chi connectivity index (χ2n) is 5.64. The summed E-state index contributed by atoms with van der Waals surface area (Å²) in [5.74, 6) is 1.35. The summed E-state index contributed by atoms with van der Waals surface area (Å²) in [4.78, 5) is 0. The van der Waals surface area contributed by atoms with E-state index in [1.54, 1.807) is 34.6 Å². The first-order valence-corrected chi connectivity index (χ1v) is 9.22. The average molecular weight is 410 g/mol. The summed E-state index contributed by atoms with van der Waals surface area (Å²) >= 11 is 1.60. The summed E-state index contributed by atoms with van der Waals surface area (Å²) < 4.78 is 21.0. The number of benzene rings is 2. The van der Waals surface area contributed by atoms with Crippen LogP contribution < -0.4 is 10.1 Å². The first-order valence-electron chi connectivity index (χ1n) is 8.23. The second-order valence-corrected chi connectivity index (χ2v) is 6.70. The van der Waals surface area contributed by atoms with Crippen LogP contribution in [0.1, 0.15) is 11.1 Å². The Balaban J connectivity index is 0.00000261. The van der Waals surface area contributed by atoms with Gasteiger partial charge in [0.25, 0.3) is 0 Å². The summed E-state index contributed by atoms with van der Waals surface area (Å²) in [6.45, 7) is 1.78. The first kappa shape index (κ1) is 21.1. The minimum Gasteiger partial charge on any atom is -0.489 e. The van der Waals surface area contributed by atoms with Gasteiger partial charge in [0.1, 0.15) is 18.2 Å². The average Bonchev–Trinajstić information content (AvgIpc) is 3.06. The quantitative estimate of drug-likeness (QED) is 0.432.